The molecule has 0 saturated heterocycles. The molecular weight excluding hydrogens is 252 g/mol. The standard InChI is InChI=1S/C13H19ClN2O2/c1-4-16(5-2)13(17)9-15-10-6-7-12(18-3)11(14)8-10/h6-8,15H,4-5,9H2,1-3H3. The van der Waals surface area contributed by atoms with Gasteiger partial charge in [0.25, 0.3) is 0 Å². The molecule has 0 spiro atoms. The minimum absolute atomic E-state index is 0.0759. The summed E-state index contributed by atoms with van der Waals surface area (Å²) in [5.41, 5.74) is 0.807. The average molecular weight is 271 g/mol. The van der Waals surface area contributed by atoms with Crippen molar-refractivity contribution in [1.29, 1.82) is 0 Å². The van der Waals surface area contributed by atoms with Crippen LogP contribution in [0.4, 0.5) is 5.69 Å². The molecule has 1 aromatic carbocycles. The van der Waals surface area contributed by atoms with Gasteiger partial charge in [0.1, 0.15) is 5.75 Å². The summed E-state index contributed by atoms with van der Waals surface area (Å²) in [5, 5.41) is 3.58. The van der Waals surface area contributed by atoms with Gasteiger partial charge in [-0.3, -0.25) is 4.79 Å². The molecule has 0 aliphatic heterocycles. The predicted octanol–water partition coefficient (Wildman–Crippen LogP) is 2.63. The molecule has 1 N–H and O–H groups in total. The second-order valence-electron chi connectivity index (χ2n) is 3.77. The number of benzene rings is 1. The number of likely N-dealkylation sites (N-methyl/N-ethyl adjacent to an activating group) is 1. The second-order valence-corrected chi connectivity index (χ2v) is 4.18. The smallest absolute Gasteiger partial charge is 0.241 e. The molecular formula is C13H19ClN2O2. The fraction of sp³-hybridized carbons (Fsp3) is 0.462. The Balaban J connectivity index is 2.58. The van der Waals surface area contributed by atoms with E-state index in [0.29, 0.717) is 10.8 Å². The van der Waals surface area contributed by atoms with Crippen LogP contribution in [0.3, 0.4) is 0 Å². The van der Waals surface area contributed by atoms with Gasteiger partial charge in [-0.05, 0) is 32.0 Å². The minimum atomic E-state index is 0.0759. The molecule has 1 amide bonds. The van der Waals surface area contributed by atoms with Crippen molar-refractivity contribution in [3.05, 3.63) is 23.2 Å². The van der Waals surface area contributed by atoms with Crippen molar-refractivity contribution < 1.29 is 9.53 Å². The summed E-state index contributed by atoms with van der Waals surface area (Å²) in [5.74, 6) is 0.698. The predicted molar refractivity (Wildman–Crippen MR) is 74.4 cm³/mol. The number of rotatable bonds is 6. The first-order valence-electron chi connectivity index (χ1n) is 5.97. The molecule has 0 aliphatic rings. The molecule has 0 saturated carbocycles. The number of carbonyl (C=O) groups is 1. The van der Waals surface area contributed by atoms with E-state index in [4.69, 9.17) is 16.3 Å². The Labute approximate surface area is 113 Å². The number of carbonyl (C=O) groups excluding carboxylic acids is 1. The van der Waals surface area contributed by atoms with E-state index in [9.17, 15) is 4.79 Å². The fourth-order valence-electron chi connectivity index (χ4n) is 1.64. The van der Waals surface area contributed by atoms with Crippen LogP contribution in [0.25, 0.3) is 0 Å². The van der Waals surface area contributed by atoms with E-state index in [-0.39, 0.29) is 12.5 Å². The van der Waals surface area contributed by atoms with E-state index in [0.717, 1.165) is 18.8 Å². The maximum atomic E-state index is 11.8. The highest BCUT2D eigenvalue weighted by Crippen LogP contribution is 2.26. The van der Waals surface area contributed by atoms with Crippen LogP contribution in [0.5, 0.6) is 5.75 Å². The van der Waals surface area contributed by atoms with Crippen LogP contribution in [0.15, 0.2) is 18.2 Å². The largest absolute Gasteiger partial charge is 0.495 e. The molecule has 1 aromatic rings. The van der Waals surface area contributed by atoms with Crippen molar-refractivity contribution in [1.82, 2.24) is 4.90 Å². The quantitative estimate of drug-likeness (QED) is 0.864. The molecule has 0 heterocycles. The zero-order valence-electron chi connectivity index (χ0n) is 11.0. The molecule has 4 nitrogen and oxygen atoms in total. The van der Waals surface area contributed by atoms with Crippen molar-refractivity contribution >= 4 is 23.2 Å². The number of amides is 1. The number of nitrogens with one attached hydrogen (secondary N) is 1. The van der Waals surface area contributed by atoms with Crippen LogP contribution >= 0.6 is 11.6 Å². The van der Waals surface area contributed by atoms with E-state index in [1.54, 1.807) is 24.1 Å². The Morgan fingerprint density at radius 1 is 1.39 bits per heavy atom. The first kappa shape index (κ1) is 14.6. The Kier molecular flexibility index (Phi) is 5.78. The van der Waals surface area contributed by atoms with Crippen molar-refractivity contribution in [2.24, 2.45) is 0 Å². The van der Waals surface area contributed by atoms with Crippen LogP contribution in [-0.2, 0) is 4.79 Å². The van der Waals surface area contributed by atoms with Gasteiger partial charge >= 0.3 is 0 Å². The number of nitrogens with zero attached hydrogens (tertiary/aromatic N) is 1. The van der Waals surface area contributed by atoms with E-state index in [2.05, 4.69) is 5.32 Å². The molecule has 0 bridgehead atoms. The lowest BCUT2D eigenvalue weighted by Crippen LogP contribution is -2.35. The summed E-state index contributed by atoms with van der Waals surface area (Å²) < 4.78 is 5.06. The number of hydrogen-bond acceptors (Lipinski definition) is 3. The lowest BCUT2D eigenvalue weighted by molar-refractivity contribution is -0.128. The molecule has 18 heavy (non-hydrogen) atoms. The Hall–Kier alpha value is -1.42. The summed E-state index contributed by atoms with van der Waals surface area (Å²) in [4.78, 5) is 13.6. The highest BCUT2D eigenvalue weighted by atomic mass is 35.5. The van der Waals surface area contributed by atoms with Crippen molar-refractivity contribution in [2.45, 2.75) is 13.8 Å². The van der Waals surface area contributed by atoms with Crippen LogP contribution in [0, 0.1) is 0 Å². The number of anilines is 1. The van der Waals surface area contributed by atoms with E-state index in [1.165, 1.54) is 0 Å². The van der Waals surface area contributed by atoms with Crippen LogP contribution in [0.1, 0.15) is 13.8 Å². The summed E-state index contributed by atoms with van der Waals surface area (Å²) >= 11 is 6.00. The van der Waals surface area contributed by atoms with E-state index >= 15 is 0 Å². The summed E-state index contributed by atoms with van der Waals surface area (Å²) in [6, 6.07) is 5.35. The topological polar surface area (TPSA) is 41.6 Å². The zero-order chi connectivity index (χ0) is 13.5. The fourth-order valence-corrected chi connectivity index (χ4v) is 1.90. The summed E-state index contributed by atoms with van der Waals surface area (Å²) in [6.45, 7) is 5.64. The third-order valence-corrected chi connectivity index (χ3v) is 3.01. The molecule has 0 aromatic heterocycles. The van der Waals surface area contributed by atoms with Crippen molar-refractivity contribution in [3.63, 3.8) is 0 Å². The van der Waals surface area contributed by atoms with Gasteiger partial charge in [0.2, 0.25) is 5.91 Å². The van der Waals surface area contributed by atoms with Crippen molar-refractivity contribution in [3.8, 4) is 5.75 Å². The molecule has 0 unspecified atom stereocenters. The minimum Gasteiger partial charge on any atom is -0.495 e. The lowest BCUT2D eigenvalue weighted by atomic mass is 10.3. The highest BCUT2D eigenvalue weighted by Gasteiger charge is 2.09. The summed E-state index contributed by atoms with van der Waals surface area (Å²) in [7, 11) is 1.57. The van der Waals surface area contributed by atoms with Gasteiger partial charge in [0.15, 0.2) is 0 Å². The lowest BCUT2D eigenvalue weighted by Gasteiger charge is -2.19. The third-order valence-electron chi connectivity index (χ3n) is 2.71. The van der Waals surface area contributed by atoms with Gasteiger partial charge in [-0.25, -0.2) is 0 Å². The number of hydrogen-bond donors (Lipinski definition) is 1. The highest BCUT2D eigenvalue weighted by molar-refractivity contribution is 6.32. The van der Waals surface area contributed by atoms with Gasteiger partial charge in [-0.1, -0.05) is 11.6 Å². The van der Waals surface area contributed by atoms with Crippen LogP contribution in [0.2, 0.25) is 5.02 Å². The van der Waals surface area contributed by atoms with Gasteiger partial charge in [0, 0.05) is 18.8 Å². The Morgan fingerprint density at radius 3 is 2.56 bits per heavy atom. The van der Waals surface area contributed by atoms with Gasteiger partial charge in [-0.2, -0.15) is 0 Å². The number of halogens is 1. The normalized spacial score (nSPS) is 10.0. The van der Waals surface area contributed by atoms with Crippen molar-refractivity contribution in [2.75, 3.05) is 32.1 Å². The van der Waals surface area contributed by atoms with Crippen LogP contribution < -0.4 is 10.1 Å². The molecule has 100 valence electrons. The first-order valence-corrected chi connectivity index (χ1v) is 6.35. The second kappa shape index (κ2) is 7.11. The van der Waals surface area contributed by atoms with Gasteiger partial charge in [0.05, 0.1) is 18.7 Å². The molecule has 1 rings (SSSR count). The summed E-state index contributed by atoms with van der Waals surface area (Å²) in [6.07, 6.45) is 0. The maximum absolute atomic E-state index is 11.8. The molecule has 0 fully saturated rings. The average Bonchev–Trinajstić information content (AvgIpc) is 2.38. The Bertz CT molecular complexity index is 406. The van der Waals surface area contributed by atoms with Crippen LogP contribution in [-0.4, -0.2) is 37.6 Å². The maximum Gasteiger partial charge on any atom is 0.241 e. The van der Waals surface area contributed by atoms with Gasteiger partial charge < -0.3 is 15.0 Å². The van der Waals surface area contributed by atoms with E-state index < -0.39 is 0 Å². The molecule has 0 radical (unpaired) electrons. The zero-order valence-corrected chi connectivity index (χ0v) is 11.8. The SMILES string of the molecule is CCN(CC)C(=O)CNc1ccc(OC)c(Cl)c1. The molecule has 0 aliphatic carbocycles. The molecule has 0 atom stereocenters. The number of ether oxygens (including phenoxy) is 1. The monoisotopic (exact) mass is 270 g/mol. The van der Waals surface area contributed by atoms with E-state index in [1.807, 2.05) is 19.9 Å². The van der Waals surface area contributed by atoms with Gasteiger partial charge in [-0.15, -0.1) is 0 Å². The third kappa shape index (κ3) is 3.81. The molecule has 5 heteroatoms. The Morgan fingerprint density at radius 2 is 2.06 bits per heavy atom. The number of methoxy groups -OCH3 is 1. The first-order chi connectivity index (χ1) is 8.62.